The summed E-state index contributed by atoms with van der Waals surface area (Å²) in [6.45, 7) is 4.20. The van der Waals surface area contributed by atoms with E-state index in [-0.39, 0.29) is 0 Å². The first-order valence-electron chi connectivity index (χ1n) is 11.7. The normalized spacial score (nSPS) is 17.8. The zero-order valence-electron chi connectivity index (χ0n) is 19.3. The number of piperazine rings is 1. The number of halogens is 3. The lowest BCUT2D eigenvalue weighted by atomic mass is 9.99. The first-order valence-corrected chi connectivity index (χ1v) is 11.7. The largest absolute Gasteiger partial charge is 0.417 e. The van der Waals surface area contributed by atoms with Gasteiger partial charge in [-0.05, 0) is 66.2 Å². The van der Waals surface area contributed by atoms with Crippen molar-refractivity contribution in [3.63, 3.8) is 0 Å². The van der Waals surface area contributed by atoms with E-state index in [1.807, 2.05) is 12.1 Å². The van der Waals surface area contributed by atoms with E-state index < -0.39 is 11.7 Å². The van der Waals surface area contributed by atoms with Crippen molar-refractivity contribution in [2.45, 2.75) is 19.0 Å². The molecule has 3 aliphatic rings. The van der Waals surface area contributed by atoms with E-state index in [2.05, 4.69) is 51.1 Å². The Morgan fingerprint density at radius 1 is 0.771 bits per heavy atom. The Hall–Kier alpha value is -3.52. The molecule has 0 saturated carbocycles. The maximum Gasteiger partial charge on any atom is 0.417 e. The van der Waals surface area contributed by atoms with Gasteiger partial charge in [-0.2, -0.15) is 13.2 Å². The molecule has 0 bridgehead atoms. The molecular formula is C27H24F3N5. The number of aliphatic imine (C=N–C) groups is 2. The summed E-state index contributed by atoms with van der Waals surface area (Å²) in [4.78, 5) is 18.3. The second-order valence-corrected chi connectivity index (χ2v) is 9.35. The molecule has 2 aromatic carbocycles. The highest BCUT2D eigenvalue weighted by Crippen LogP contribution is 2.35. The number of hydrogen-bond donors (Lipinski definition) is 0. The zero-order chi connectivity index (χ0) is 24.2. The van der Waals surface area contributed by atoms with Crippen LogP contribution in [0.5, 0.6) is 0 Å². The summed E-state index contributed by atoms with van der Waals surface area (Å²) >= 11 is 0. The van der Waals surface area contributed by atoms with Gasteiger partial charge in [0.1, 0.15) is 0 Å². The van der Waals surface area contributed by atoms with Crippen LogP contribution in [0.1, 0.15) is 27.9 Å². The third-order valence-electron chi connectivity index (χ3n) is 6.96. The third kappa shape index (κ3) is 4.23. The molecule has 8 heteroatoms. The lowest BCUT2D eigenvalue weighted by molar-refractivity contribution is -0.137. The first-order chi connectivity index (χ1) is 16.8. The van der Waals surface area contributed by atoms with E-state index in [1.54, 1.807) is 0 Å². The summed E-state index contributed by atoms with van der Waals surface area (Å²) < 4.78 is 38.5. The molecule has 6 rings (SSSR count). The van der Waals surface area contributed by atoms with Gasteiger partial charge in [-0.15, -0.1) is 0 Å². The van der Waals surface area contributed by atoms with Crippen LogP contribution in [0.2, 0.25) is 0 Å². The van der Waals surface area contributed by atoms with Crippen molar-refractivity contribution in [2.24, 2.45) is 9.98 Å². The van der Waals surface area contributed by atoms with Gasteiger partial charge in [0.2, 0.25) is 0 Å². The van der Waals surface area contributed by atoms with E-state index in [9.17, 15) is 13.2 Å². The van der Waals surface area contributed by atoms with Gasteiger partial charge < -0.3 is 9.80 Å². The summed E-state index contributed by atoms with van der Waals surface area (Å²) in [6.07, 6.45) is -2.21. The number of benzene rings is 2. The summed E-state index contributed by atoms with van der Waals surface area (Å²) in [5, 5.41) is 0. The topological polar surface area (TPSA) is 44.1 Å². The fourth-order valence-corrected chi connectivity index (χ4v) is 4.88. The summed E-state index contributed by atoms with van der Waals surface area (Å²) in [7, 11) is 2.16. The van der Waals surface area contributed by atoms with Crippen LogP contribution in [0, 0.1) is 0 Å². The van der Waals surface area contributed by atoms with E-state index in [1.165, 1.54) is 17.3 Å². The molecule has 0 aliphatic carbocycles. The number of anilines is 1. The Bertz CT molecular complexity index is 1350. The average molecular weight is 476 g/mol. The Labute approximate surface area is 201 Å². The van der Waals surface area contributed by atoms with E-state index in [0.29, 0.717) is 17.8 Å². The maximum absolute atomic E-state index is 12.8. The van der Waals surface area contributed by atoms with Crippen LogP contribution in [-0.2, 0) is 19.0 Å². The molecular weight excluding hydrogens is 451 g/mol. The Kier molecular flexibility index (Phi) is 5.21. The minimum Gasteiger partial charge on any atom is -0.369 e. The zero-order valence-corrected chi connectivity index (χ0v) is 19.3. The van der Waals surface area contributed by atoms with Crippen LogP contribution >= 0.6 is 0 Å². The number of rotatable bonds is 3. The standard InChI is InChI=1S/C27H24F3N5/c1-34-8-10-35(11-9-34)21-4-7-23-19(13-21)14-25(32-23)17-2-5-22-18(12-17)15-26(33-22)24-6-3-20(16-31-24)27(28,29)30/h2-7,12-13,16H,8-11,14-15H2,1H3. The highest BCUT2D eigenvalue weighted by atomic mass is 19.4. The van der Waals surface area contributed by atoms with Crippen LogP contribution in [0.4, 0.5) is 30.2 Å². The van der Waals surface area contributed by atoms with Gasteiger partial charge in [-0.3, -0.25) is 15.0 Å². The third-order valence-corrected chi connectivity index (χ3v) is 6.96. The number of nitrogens with zero attached hydrogens (tertiary/aromatic N) is 5. The minimum absolute atomic E-state index is 0.470. The molecule has 1 fully saturated rings. The van der Waals surface area contributed by atoms with Gasteiger partial charge >= 0.3 is 6.18 Å². The summed E-state index contributed by atoms with van der Waals surface area (Å²) in [5.41, 5.74) is 7.86. The minimum atomic E-state index is -4.40. The summed E-state index contributed by atoms with van der Waals surface area (Å²) in [6, 6.07) is 15.1. The smallest absolute Gasteiger partial charge is 0.369 e. The number of likely N-dealkylation sites (N-methyl/N-ethyl adjacent to an activating group) is 1. The predicted octanol–water partition coefficient (Wildman–Crippen LogP) is 5.21. The van der Waals surface area contributed by atoms with Gasteiger partial charge in [-0.25, -0.2) is 0 Å². The molecule has 0 radical (unpaired) electrons. The van der Waals surface area contributed by atoms with Crippen molar-refractivity contribution in [3.8, 4) is 0 Å². The Morgan fingerprint density at radius 3 is 2.17 bits per heavy atom. The molecule has 3 aliphatic heterocycles. The van der Waals surface area contributed by atoms with Crippen LogP contribution in [0.15, 0.2) is 64.7 Å². The number of aromatic nitrogens is 1. The van der Waals surface area contributed by atoms with Gasteiger partial charge in [-0.1, -0.05) is 6.07 Å². The Balaban J connectivity index is 1.17. The lowest BCUT2D eigenvalue weighted by Gasteiger charge is -2.34. The SMILES string of the molecule is CN1CCN(c2ccc3c(c2)CC(c2ccc4c(c2)CC(c2ccc(C(F)(F)F)cn2)=N4)=N3)CC1. The molecule has 0 atom stereocenters. The molecule has 1 saturated heterocycles. The van der Waals surface area contributed by atoms with Crippen molar-refractivity contribution in [2.75, 3.05) is 38.1 Å². The second-order valence-electron chi connectivity index (χ2n) is 9.35. The van der Waals surface area contributed by atoms with Crippen LogP contribution in [0.25, 0.3) is 0 Å². The van der Waals surface area contributed by atoms with E-state index in [4.69, 9.17) is 4.99 Å². The van der Waals surface area contributed by atoms with Crippen molar-refractivity contribution in [3.05, 3.63) is 82.7 Å². The van der Waals surface area contributed by atoms with Crippen molar-refractivity contribution >= 4 is 28.5 Å². The van der Waals surface area contributed by atoms with Gasteiger partial charge in [0.15, 0.2) is 0 Å². The molecule has 178 valence electrons. The molecule has 0 N–H and O–H groups in total. The fraction of sp³-hybridized carbons (Fsp3) is 0.296. The molecule has 1 aromatic heterocycles. The molecule has 4 heterocycles. The molecule has 5 nitrogen and oxygen atoms in total. The molecule has 0 spiro atoms. The number of alkyl halides is 3. The Morgan fingerprint density at radius 2 is 1.46 bits per heavy atom. The number of pyridine rings is 1. The maximum atomic E-state index is 12.8. The van der Waals surface area contributed by atoms with E-state index in [0.717, 1.165) is 73.1 Å². The van der Waals surface area contributed by atoms with Crippen molar-refractivity contribution in [1.82, 2.24) is 9.88 Å². The monoisotopic (exact) mass is 475 g/mol. The van der Waals surface area contributed by atoms with Gasteiger partial charge in [0.05, 0.1) is 34.1 Å². The number of hydrogen-bond acceptors (Lipinski definition) is 5. The molecule has 35 heavy (non-hydrogen) atoms. The number of fused-ring (bicyclic) bond motifs is 2. The highest BCUT2D eigenvalue weighted by molar-refractivity contribution is 6.09. The van der Waals surface area contributed by atoms with E-state index >= 15 is 0 Å². The van der Waals surface area contributed by atoms with Crippen molar-refractivity contribution in [1.29, 1.82) is 0 Å². The summed E-state index contributed by atoms with van der Waals surface area (Å²) in [5.74, 6) is 0. The van der Waals surface area contributed by atoms with Crippen LogP contribution in [-0.4, -0.2) is 54.5 Å². The average Bonchev–Trinajstić information content (AvgIpc) is 3.47. The molecule has 0 amide bonds. The van der Waals surface area contributed by atoms with Gasteiger partial charge in [0, 0.05) is 50.9 Å². The predicted molar refractivity (Wildman–Crippen MR) is 132 cm³/mol. The van der Waals surface area contributed by atoms with Gasteiger partial charge in [0.25, 0.3) is 0 Å². The quantitative estimate of drug-likeness (QED) is 0.523. The van der Waals surface area contributed by atoms with Crippen LogP contribution in [0.3, 0.4) is 0 Å². The fourth-order valence-electron chi connectivity index (χ4n) is 4.88. The molecule has 0 unspecified atom stereocenters. The molecule has 3 aromatic rings. The first kappa shape index (κ1) is 22.0. The second kappa shape index (κ2) is 8.30. The highest BCUT2D eigenvalue weighted by Gasteiger charge is 2.31. The lowest BCUT2D eigenvalue weighted by Crippen LogP contribution is -2.44. The van der Waals surface area contributed by atoms with Crippen LogP contribution < -0.4 is 4.90 Å². The van der Waals surface area contributed by atoms with Crippen molar-refractivity contribution < 1.29 is 13.2 Å².